The van der Waals surface area contributed by atoms with Gasteiger partial charge in [0.25, 0.3) is 0 Å². The molecule has 1 aromatic heterocycles. The van der Waals surface area contributed by atoms with Crippen LogP contribution in [0, 0.1) is 0 Å². The highest BCUT2D eigenvalue weighted by atomic mass is 16.5. The van der Waals surface area contributed by atoms with Gasteiger partial charge in [-0.1, -0.05) is 0 Å². The van der Waals surface area contributed by atoms with Crippen LogP contribution in [0.25, 0.3) is 11.0 Å². The number of hydrogen-bond acceptors (Lipinski definition) is 4. The van der Waals surface area contributed by atoms with E-state index in [1.165, 1.54) is 0 Å². The predicted octanol–water partition coefficient (Wildman–Crippen LogP) is 2.19. The summed E-state index contributed by atoms with van der Waals surface area (Å²) in [5.74, 6) is 3.28. The molecule has 2 aliphatic heterocycles. The SMILES string of the molecule is c1c2c(cc3[nH]c(C4CCNCC4)nc13)OCCCO2. The second-order valence-electron chi connectivity index (χ2n) is 5.51. The summed E-state index contributed by atoms with van der Waals surface area (Å²) in [6, 6.07) is 4.02. The summed E-state index contributed by atoms with van der Waals surface area (Å²) >= 11 is 0. The molecule has 0 saturated carbocycles. The molecule has 106 valence electrons. The van der Waals surface area contributed by atoms with E-state index in [2.05, 4.69) is 10.3 Å². The number of aromatic nitrogens is 2. The first kappa shape index (κ1) is 12.0. The van der Waals surface area contributed by atoms with Crippen LogP contribution in [0.15, 0.2) is 12.1 Å². The van der Waals surface area contributed by atoms with Crippen molar-refractivity contribution in [1.82, 2.24) is 15.3 Å². The zero-order valence-electron chi connectivity index (χ0n) is 11.4. The van der Waals surface area contributed by atoms with Gasteiger partial charge in [0.05, 0.1) is 24.2 Å². The normalized spacial score (nSPS) is 20.0. The number of fused-ring (bicyclic) bond motifs is 2. The second kappa shape index (κ2) is 4.98. The van der Waals surface area contributed by atoms with Gasteiger partial charge in [-0.2, -0.15) is 0 Å². The number of piperidine rings is 1. The van der Waals surface area contributed by atoms with Crippen molar-refractivity contribution >= 4 is 11.0 Å². The third kappa shape index (κ3) is 2.12. The summed E-state index contributed by atoms with van der Waals surface area (Å²) in [6.07, 6.45) is 3.22. The van der Waals surface area contributed by atoms with E-state index in [1.807, 2.05) is 12.1 Å². The highest BCUT2D eigenvalue weighted by Gasteiger charge is 2.20. The van der Waals surface area contributed by atoms with Gasteiger partial charge in [0.1, 0.15) is 5.82 Å². The molecule has 4 rings (SSSR count). The van der Waals surface area contributed by atoms with Crippen LogP contribution in [-0.2, 0) is 0 Å². The summed E-state index contributed by atoms with van der Waals surface area (Å²) < 4.78 is 11.5. The Morgan fingerprint density at radius 3 is 2.60 bits per heavy atom. The fourth-order valence-electron chi connectivity index (χ4n) is 2.98. The van der Waals surface area contributed by atoms with Gasteiger partial charge in [0.15, 0.2) is 11.5 Å². The van der Waals surface area contributed by atoms with Crippen LogP contribution in [0.5, 0.6) is 11.5 Å². The Morgan fingerprint density at radius 2 is 1.80 bits per heavy atom. The lowest BCUT2D eigenvalue weighted by Crippen LogP contribution is -2.27. The van der Waals surface area contributed by atoms with Crippen LogP contribution < -0.4 is 14.8 Å². The summed E-state index contributed by atoms with van der Waals surface area (Å²) in [4.78, 5) is 8.22. The first-order chi connectivity index (χ1) is 9.90. The minimum absolute atomic E-state index is 0.533. The Hall–Kier alpha value is -1.75. The van der Waals surface area contributed by atoms with Crippen LogP contribution in [0.3, 0.4) is 0 Å². The van der Waals surface area contributed by atoms with Crippen LogP contribution in [0.2, 0.25) is 0 Å². The summed E-state index contributed by atoms with van der Waals surface area (Å²) in [5, 5.41) is 3.39. The average molecular weight is 273 g/mol. The molecule has 20 heavy (non-hydrogen) atoms. The summed E-state index contributed by atoms with van der Waals surface area (Å²) in [5.41, 5.74) is 2.02. The van der Waals surface area contributed by atoms with E-state index in [9.17, 15) is 0 Å². The maximum absolute atomic E-state index is 5.73. The van der Waals surface area contributed by atoms with Crippen LogP contribution in [0.1, 0.15) is 31.0 Å². The number of hydrogen-bond donors (Lipinski definition) is 2. The van der Waals surface area contributed by atoms with Gasteiger partial charge in [0, 0.05) is 24.5 Å². The van der Waals surface area contributed by atoms with Crippen molar-refractivity contribution in [3.63, 3.8) is 0 Å². The molecule has 5 heteroatoms. The van der Waals surface area contributed by atoms with Crippen molar-refractivity contribution in [1.29, 1.82) is 0 Å². The molecule has 0 spiro atoms. The molecule has 0 amide bonds. The Balaban J connectivity index is 1.72. The second-order valence-corrected chi connectivity index (χ2v) is 5.51. The Labute approximate surface area is 117 Å². The Morgan fingerprint density at radius 1 is 1.05 bits per heavy atom. The van der Waals surface area contributed by atoms with Crippen molar-refractivity contribution in [3.05, 3.63) is 18.0 Å². The number of H-pyrrole nitrogens is 1. The first-order valence-electron chi connectivity index (χ1n) is 7.40. The predicted molar refractivity (Wildman–Crippen MR) is 76.5 cm³/mol. The number of imidazole rings is 1. The number of ether oxygens (including phenoxy) is 2. The topological polar surface area (TPSA) is 59.2 Å². The van der Waals surface area contributed by atoms with E-state index < -0.39 is 0 Å². The third-order valence-electron chi connectivity index (χ3n) is 4.10. The molecule has 0 radical (unpaired) electrons. The maximum Gasteiger partial charge on any atom is 0.163 e. The number of aromatic amines is 1. The molecule has 1 saturated heterocycles. The lowest BCUT2D eigenvalue weighted by atomic mass is 9.98. The lowest BCUT2D eigenvalue weighted by molar-refractivity contribution is 0.297. The van der Waals surface area contributed by atoms with Crippen molar-refractivity contribution in [2.45, 2.75) is 25.2 Å². The summed E-state index contributed by atoms with van der Waals surface area (Å²) in [6.45, 7) is 3.58. The van der Waals surface area contributed by atoms with E-state index in [4.69, 9.17) is 14.5 Å². The van der Waals surface area contributed by atoms with E-state index >= 15 is 0 Å². The average Bonchev–Trinajstić information content (AvgIpc) is 2.76. The molecule has 0 aliphatic carbocycles. The molecule has 5 nitrogen and oxygen atoms in total. The molecular formula is C15H19N3O2. The van der Waals surface area contributed by atoms with Gasteiger partial charge in [0.2, 0.25) is 0 Å². The van der Waals surface area contributed by atoms with Crippen molar-refractivity contribution in [2.24, 2.45) is 0 Å². The van der Waals surface area contributed by atoms with Crippen molar-refractivity contribution in [3.8, 4) is 11.5 Å². The van der Waals surface area contributed by atoms with Gasteiger partial charge in [-0.15, -0.1) is 0 Å². The number of benzene rings is 1. The van der Waals surface area contributed by atoms with E-state index in [1.54, 1.807) is 0 Å². The van der Waals surface area contributed by atoms with Crippen molar-refractivity contribution < 1.29 is 9.47 Å². The molecule has 2 aliphatic rings. The third-order valence-corrected chi connectivity index (χ3v) is 4.10. The van der Waals surface area contributed by atoms with Gasteiger partial charge < -0.3 is 19.8 Å². The molecule has 3 heterocycles. The highest BCUT2D eigenvalue weighted by Crippen LogP contribution is 2.34. The zero-order valence-corrected chi connectivity index (χ0v) is 11.4. The zero-order chi connectivity index (χ0) is 13.4. The lowest BCUT2D eigenvalue weighted by Gasteiger charge is -2.20. The molecule has 1 fully saturated rings. The first-order valence-corrected chi connectivity index (χ1v) is 7.40. The van der Waals surface area contributed by atoms with Crippen LogP contribution in [0.4, 0.5) is 0 Å². The van der Waals surface area contributed by atoms with Crippen LogP contribution in [-0.4, -0.2) is 36.3 Å². The van der Waals surface area contributed by atoms with Gasteiger partial charge >= 0.3 is 0 Å². The number of nitrogens with zero attached hydrogens (tertiary/aromatic N) is 1. The Bertz CT molecular complexity index is 574. The van der Waals surface area contributed by atoms with E-state index in [-0.39, 0.29) is 0 Å². The minimum Gasteiger partial charge on any atom is -0.489 e. The molecule has 0 unspecified atom stereocenters. The Kier molecular flexibility index (Phi) is 2.99. The maximum atomic E-state index is 5.73. The molecule has 0 atom stereocenters. The van der Waals surface area contributed by atoms with Crippen molar-refractivity contribution in [2.75, 3.05) is 26.3 Å². The number of rotatable bonds is 1. The minimum atomic E-state index is 0.533. The monoisotopic (exact) mass is 273 g/mol. The molecule has 2 N–H and O–H groups in total. The fraction of sp³-hybridized carbons (Fsp3) is 0.533. The van der Waals surface area contributed by atoms with Crippen LogP contribution >= 0.6 is 0 Å². The molecule has 0 bridgehead atoms. The van der Waals surface area contributed by atoms with E-state index in [0.29, 0.717) is 19.1 Å². The standard InChI is InChI=1S/C15H19N3O2/c1-6-19-13-8-11-12(9-14(13)20-7-1)18-15(17-11)10-2-4-16-5-3-10/h8-10,16H,1-7H2,(H,17,18). The highest BCUT2D eigenvalue weighted by molar-refractivity contribution is 5.80. The largest absolute Gasteiger partial charge is 0.489 e. The molecule has 1 aromatic carbocycles. The van der Waals surface area contributed by atoms with Gasteiger partial charge in [-0.25, -0.2) is 4.98 Å². The summed E-state index contributed by atoms with van der Waals surface area (Å²) in [7, 11) is 0. The molecule has 2 aromatic rings. The number of nitrogens with one attached hydrogen (secondary N) is 2. The van der Waals surface area contributed by atoms with Gasteiger partial charge in [-0.3, -0.25) is 0 Å². The van der Waals surface area contributed by atoms with E-state index in [0.717, 1.165) is 60.7 Å². The molecular weight excluding hydrogens is 254 g/mol. The van der Waals surface area contributed by atoms with Gasteiger partial charge in [-0.05, 0) is 25.9 Å². The quantitative estimate of drug-likeness (QED) is 0.836. The smallest absolute Gasteiger partial charge is 0.163 e. The fourth-order valence-corrected chi connectivity index (χ4v) is 2.98.